The van der Waals surface area contributed by atoms with Crippen molar-refractivity contribution in [3.05, 3.63) is 35.9 Å². The molecule has 9 nitrogen and oxygen atoms in total. The molecule has 1 N–H and O–H groups in total. The highest BCUT2D eigenvalue weighted by atomic mass is 16.5. The van der Waals surface area contributed by atoms with Crippen molar-refractivity contribution in [1.29, 1.82) is 0 Å². The molecule has 0 unspecified atom stereocenters. The molecule has 1 aliphatic heterocycles. The maximum Gasteiger partial charge on any atom is 0.226 e. The minimum atomic E-state index is -0.721. The number of hydrogen-bond acceptors (Lipinski definition) is 7. The molecule has 1 fully saturated rings. The van der Waals surface area contributed by atoms with E-state index in [4.69, 9.17) is 4.74 Å². The Hall–Kier alpha value is -2.62. The fraction of sp³-hybridized carbons (Fsp3) is 0.778. The van der Waals surface area contributed by atoms with Gasteiger partial charge in [0.1, 0.15) is 5.78 Å². The van der Waals surface area contributed by atoms with Crippen molar-refractivity contribution >= 4 is 23.4 Å². The number of ether oxygens (including phenoxy) is 1. The number of nitrogens with zero attached hydrogens (tertiary/aromatic N) is 3. The molecule has 1 heterocycles. The van der Waals surface area contributed by atoms with Gasteiger partial charge in [-0.2, -0.15) is 0 Å². The van der Waals surface area contributed by atoms with Crippen LogP contribution in [-0.4, -0.2) is 101 Å². The fourth-order valence-corrected chi connectivity index (χ4v) is 8.95. The zero-order valence-electron chi connectivity index (χ0n) is 36.4. The van der Waals surface area contributed by atoms with E-state index in [0.29, 0.717) is 6.54 Å². The van der Waals surface area contributed by atoms with E-state index in [0.717, 1.165) is 31.2 Å². The van der Waals surface area contributed by atoms with E-state index >= 15 is 0 Å². The van der Waals surface area contributed by atoms with Crippen molar-refractivity contribution in [2.75, 3.05) is 27.7 Å². The maximum atomic E-state index is 14.4. The summed E-state index contributed by atoms with van der Waals surface area (Å²) >= 11 is 0. The summed E-state index contributed by atoms with van der Waals surface area (Å²) in [5.41, 5.74) is 0.809. The highest BCUT2D eigenvalue weighted by Crippen LogP contribution is 2.35. The van der Waals surface area contributed by atoms with Gasteiger partial charge in [0.2, 0.25) is 11.8 Å². The first-order valence-electron chi connectivity index (χ1n) is 20.9. The highest BCUT2D eigenvalue weighted by Gasteiger charge is 2.43. The lowest BCUT2D eigenvalue weighted by Gasteiger charge is -2.41. The van der Waals surface area contributed by atoms with Crippen LogP contribution in [0.5, 0.6) is 0 Å². The van der Waals surface area contributed by atoms with E-state index in [9.17, 15) is 24.3 Å². The summed E-state index contributed by atoms with van der Waals surface area (Å²) in [6, 6.07) is 8.96. The second-order valence-electron chi connectivity index (χ2n) is 17.4. The number of ketones is 2. The van der Waals surface area contributed by atoms with Gasteiger partial charge in [-0.05, 0) is 68.9 Å². The Morgan fingerprint density at radius 1 is 0.833 bits per heavy atom. The van der Waals surface area contributed by atoms with Crippen molar-refractivity contribution in [3.63, 3.8) is 0 Å². The molecular formula is C45H77N3O6. The Kier molecular flexibility index (Phi) is 19.5. The number of likely N-dealkylation sites (tertiary alicyclic amines) is 1. The number of benzene rings is 1. The van der Waals surface area contributed by atoms with E-state index < -0.39 is 18.1 Å². The van der Waals surface area contributed by atoms with Gasteiger partial charge in [-0.1, -0.05) is 105 Å². The Morgan fingerprint density at radius 2 is 1.44 bits per heavy atom. The van der Waals surface area contributed by atoms with Gasteiger partial charge in [0.15, 0.2) is 5.78 Å². The number of amides is 2. The molecule has 0 bridgehead atoms. The lowest BCUT2D eigenvalue weighted by molar-refractivity contribution is -0.148. The molecule has 308 valence electrons. The van der Waals surface area contributed by atoms with E-state index in [1.54, 1.807) is 12.0 Å². The molecule has 10 atom stereocenters. The first-order chi connectivity index (χ1) is 25.3. The van der Waals surface area contributed by atoms with Gasteiger partial charge in [0.25, 0.3) is 0 Å². The topological polar surface area (TPSA) is 107 Å². The van der Waals surface area contributed by atoms with Gasteiger partial charge in [-0.15, -0.1) is 0 Å². The van der Waals surface area contributed by atoms with E-state index in [2.05, 4.69) is 53.4 Å². The third-order valence-corrected chi connectivity index (χ3v) is 12.8. The van der Waals surface area contributed by atoms with Gasteiger partial charge in [-0.25, -0.2) is 0 Å². The quantitative estimate of drug-likeness (QED) is 0.121. The number of aliphatic hydroxyl groups is 1. The first kappa shape index (κ1) is 47.5. The fourth-order valence-electron chi connectivity index (χ4n) is 8.95. The third-order valence-electron chi connectivity index (χ3n) is 12.8. The summed E-state index contributed by atoms with van der Waals surface area (Å²) in [7, 11) is 5.41. The lowest BCUT2D eigenvalue weighted by atomic mass is 9.78. The van der Waals surface area contributed by atoms with Crippen molar-refractivity contribution in [2.45, 2.75) is 157 Å². The predicted molar refractivity (Wildman–Crippen MR) is 219 cm³/mol. The Balaban J connectivity index is 2.27. The average Bonchev–Trinajstić information content (AvgIpc) is 3.62. The lowest BCUT2D eigenvalue weighted by Crippen LogP contribution is -2.54. The van der Waals surface area contributed by atoms with Gasteiger partial charge < -0.3 is 19.6 Å². The minimum absolute atomic E-state index is 0.00521. The summed E-state index contributed by atoms with van der Waals surface area (Å²) in [6.07, 6.45) is 2.55. The second kappa shape index (κ2) is 22.2. The monoisotopic (exact) mass is 756 g/mol. The summed E-state index contributed by atoms with van der Waals surface area (Å²) in [4.78, 5) is 62.1. The zero-order valence-corrected chi connectivity index (χ0v) is 36.4. The molecule has 1 aromatic carbocycles. The molecule has 0 radical (unpaired) electrons. The number of carbonyl (C=O) groups is 4. The Morgan fingerprint density at radius 3 is 1.94 bits per heavy atom. The normalized spacial score (nSPS) is 20.1. The van der Waals surface area contributed by atoms with Gasteiger partial charge >= 0.3 is 0 Å². The number of aliphatic hydroxyl groups excluding tert-OH is 1. The second-order valence-corrected chi connectivity index (χ2v) is 17.4. The van der Waals surface area contributed by atoms with E-state index in [-0.39, 0.29) is 102 Å². The maximum absolute atomic E-state index is 14.4. The molecule has 1 saturated heterocycles. The number of carbonyl (C=O) groups excluding carboxylic acids is 4. The van der Waals surface area contributed by atoms with E-state index in [1.807, 2.05) is 77.0 Å². The summed E-state index contributed by atoms with van der Waals surface area (Å²) < 4.78 is 6.10. The standard InChI is InChI=1S/C45H77N3O6/c1-15-31(9)43(47(13)45(53)36(28(3)4)26-39(50)42(29(5)6)46(12)30(7)8)40(54-14)27-41(51)48-24-20-23-37(48)35(16-2)33(11)38(49)25-32(10)44(52)34-21-18-17-19-22-34/h17-19,21-22,28-33,35-37,40,42-44,52H,15-16,20,23-27H2,1-14H3/t31-,32-,33+,35+,36-,37-,40+,42-,43-,44+/m0/s1. The molecule has 0 saturated carbocycles. The molecule has 0 aromatic heterocycles. The molecule has 9 heteroatoms. The zero-order chi connectivity index (χ0) is 41.0. The number of methoxy groups -OCH3 is 1. The molecule has 1 aromatic rings. The van der Waals surface area contributed by atoms with Crippen LogP contribution in [-0.2, 0) is 23.9 Å². The molecule has 1 aliphatic rings. The van der Waals surface area contributed by atoms with Crippen LogP contribution in [0.25, 0.3) is 0 Å². The Labute approximate surface area is 328 Å². The highest BCUT2D eigenvalue weighted by molar-refractivity contribution is 5.90. The van der Waals surface area contributed by atoms with Crippen LogP contribution in [0.3, 0.4) is 0 Å². The molecular weight excluding hydrogens is 679 g/mol. The van der Waals surface area contributed by atoms with Crippen molar-refractivity contribution in [3.8, 4) is 0 Å². The summed E-state index contributed by atoms with van der Waals surface area (Å²) in [6.45, 7) is 23.1. The summed E-state index contributed by atoms with van der Waals surface area (Å²) in [5, 5.41) is 10.9. The smallest absolute Gasteiger partial charge is 0.226 e. The van der Waals surface area contributed by atoms with Gasteiger partial charge in [-0.3, -0.25) is 24.1 Å². The average molecular weight is 756 g/mol. The molecule has 0 aliphatic carbocycles. The van der Waals surface area contributed by atoms with Crippen LogP contribution < -0.4 is 0 Å². The minimum Gasteiger partial charge on any atom is -0.388 e. The molecule has 54 heavy (non-hydrogen) atoms. The van der Waals surface area contributed by atoms with Gasteiger partial charge in [0, 0.05) is 57.5 Å². The third kappa shape index (κ3) is 12.2. The van der Waals surface area contributed by atoms with E-state index in [1.165, 1.54) is 0 Å². The summed E-state index contributed by atoms with van der Waals surface area (Å²) in [5.74, 6) is -0.792. The number of rotatable bonds is 23. The SMILES string of the molecule is CC[C@H]([C@@H](C)C(=O)C[C@H](C)[C@@H](O)c1ccccc1)[C@@H]1CCCN1C(=O)C[C@@H](OC)[C@H]([C@@H](C)CC)N(C)C(=O)[C@@H](CC(=O)[C@H](C(C)C)N(C)C(C)C)C(C)C. The van der Waals surface area contributed by atoms with Crippen molar-refractivity contribution < 1.29 is 29.0 Å². The predicted octanol–water partition coefficient (Wildman–Crippen LogP) is 7.84. The molecule has 2 rings (SSSR count). The van der Waals surface area contributed by atoms with Crippen molar-refractivity contribution in [2.24, 2.45) is 41.4 Å². The van der Waals surface area contributed by atoms with Crippen molar-refractivity contribution in [1.82, 2.24) is 14.7 Å². The first-order valence-corrected chi connectivity index (χ1v) is 20.9. The van der Waals surface area contributed by atoms with Crippen LogP contribution in [0, 0.1) is 41.4 Å². The number of Topliss-reactive ketones (excluding diaryl/α,β-unsaturated/α-hetero) is 2. The van der Waals surface area contributed by atoms with Crippen LogP contribution in [0.15, 0.2) is 30.3 Å². The Bertz CT molecular complexity index is 1320. The van der Waals surface area contributed by atoms with Gasteiger partial charge in [0.05, 0.1) is 30.7 Å². The molecule has 0 spiro atoms. The largest absolute Gasteiger partial charge is 0.388 e. The number of hydrogen-bond donors (Lipinski definition) is 1. The molecule has 2 amide bonds. The van der Waals surface area contributed by atoms with Crippen LogP contribution in [0.4, 0.5) is 0 Å². The van der Waals surface area contributed by atoms with Crippen LogP contribution in [0.1, 0.15) is 133 Å². The van der Waals surface area contributed by atoms with Crippen LogP contribution in [0.2, 0.25) is 0 Å². The number of likely N-dealkylation sites (N-methyl/N-ethyl adjacent to an activating group) is 2. The van der Waals surface area contributed by atoms with Crippen LogP contribution >= 0.6 is 0 Å².